The molecule has 172 valence electrons. The van der Waals surface area contributed by atoms with E-state index >= 15 is 0 Å². The number of piperidine rings is 1. The highest BCUT2D eigenvalue weighted by atomic mass is 19.1. The van der Waals surface area contributed by atoms with Crippen molar-refractivity contribution in [3.63, 3.8) is 0 Å². The number of fused-ring (bicyclic) bond motifs is 3. The number of anilines is 4. The smallest absolute Gasteiger partial charge is 0.244 e. The Balaban J connectivity index is 1.21. The fourth-order valence-corrected chi connectivity index (χ4v) is 5.63. The van der Waals surface area contributed by atoms with E-state index in [2.05, 4.69) is 31.2 Å². The third-order valence-corrected chi connectivity index (χ3v) is 7.36. The molecule has 8 nitrogen and oxygen atoms in total. The first-order valence-electron chi connectivity index (χ1n) is 11.8. The van der Waals surface area contributed by atoms with E-state index in [0.29, 0.717) is 29.4 Å². The highest BCUT2D eigenvalue weighted by Crippen LogP contribution is 2.40. The van der Waals surface area contributed by atoms with Gasteiger partial charge >= 0.3 is 0 Å². The van der Waals surface area contributed by atoms with Crippen LogP contribution in [-0.2, 0) is 6.54 Å². The van der Waals surface area contributed by atoms with Crippen LogP contribution in [0.3, 0.4) is 0 Å². The van der Waals surface area contributed by atoms with Gasteiger partial charge in [-0.25, -0.2) is 19.0 Å². The summed E-state index contributed by atoms with van der Waals surface area (Å²) in [6.07, 6.45) is 5.01. The Labute approximate surface area is 192 Å². The Hall–Kier alpha value is -3.23. The third-order valence-electron chi connectivity index (χ3n) is 7.36. The van der Waals surface area contributed by atoms with Crippen molar-refractivity contribution in [2.24, 2.45) is 11.8 Å². The summed E-state index contributed by atoms with van der Waals surface area (Å²) in [7, 11) is 0. The summed E-state index contributed by atoms with van der Waals surface area (Å²) in [4.78, 5) is 18.0. The Kier molecular flexibility index (Phi) is 4.92. The Morgan fingerprint density at radius 2 is 1.85 bits per heavy atom. The number of hydrogen-bond donors (Lipinski definition) is 1. The Bertz CT molecular complexity index is 1160. The van der Waals surface area contributed by atoms with Crippen molar-refractivity contribution in [3.8, 4) is 0 Å². The molecule has 9 heteroatoms. The van der Waals surface area contributed by atoms with E-state index in [1.165, 1.54) is 12.8 Å². The second kappa shape index (κ2) is 7.97. The average Bonchev–Trinajstić information content (AvgIpc) is 3.31. The van der Waals surface area contributed by atoms with Crippen LogP contribution in [-0.4, -0.2) is 50.4 Å². The summed E-state index contributed by atoms with van der Waals surface area (Å²) in [6.45, 7) is 7.38. The van der Waals surface area contributed by atoms with Crippen LogP contribution in [0.1, 0.15) is 30.5 Å². The van der Waals surface area contributed by atoms with Crippen molar-refractivity contribution in [1.82, 2.24) is 24.7 Å². The van der Waals surface area contributed by atoms with E-state index in [-0.39, 0.29) is 5.82 Å². The standard InChI is InChI=1S/C24H29FN8/c1-15-4-7-19(11-20(15)25)32-8-3-9-33-24(32)29-23(30-33)28-22-17-5-6-18(22)13-31(12-17)21-10-16(2)26-14-27-21/h4,7,10-11,14,17-18,22H,3,5-6,8-9,12-13H2,1-2H3,(H,28,30)/t17-,18+,22-. The predicted octanol–water partition coefficient (Wildman–Crippen LogP) is 3.69. The number of nitrogens with zero attached hydrogens (tertiary/aromatic N) is 7. The third kappa shape index (κ3) is 3.69. The normalized spacial score (nSPS) is 24.2. The number of hydrogen-bond acceptors (Lipinski definition) is 7. The molecule has 1 saturated carbocycles. The average molecular weight is 449 g/mol. The first-order valence-corrected chi connectivity index (χ1v) is 11.8. The molecular formula is C24H29FN8. The Morgan fingerprint density at radius 1 is 1.03 bits per heavy atom. The molecule has 3 atom stereocenters. The van der Waals surface area contributed by atoms with E-state index in [1.807, 2.05) is 23.7 Å². The maximum atomic E-state index is 14.2. The van der Waals surface area contributed by atoms with Gasteiger partial charge < -0.3 is 15.1 Å². The van der Waals surface area contributed by atoms with Crippen LogP contribution in [0.15, 0.2) is 30.6 Å². The van der Waals surface area contributed by atoms with Crippen LogP contribution in [0.25, 0.3) is 0 Å². The Morgan fingerprint density at radius 3 is 2.61 bits per heavy atom. The van der Waals surface area contributed by atoms with Gasteiger partial charge in [0.1, 0.15) is 18.0 Å². The van der Waals surface area contributed by atoms with Crippen LogP contribution in [0.5, 0.6) is 0 Å². The van der Waals surface area contributed by atoms with E-state index in [9.17, 15) is 4.39 Å². The van der Waals surface area contributed by atoms with Gasteiger partial charge in [-0.05, 0) is 62.6 Å². The van der Waals surface area contributed by atoms with Gasteiger partial charge in [-0.3, -0.25) is 0 Å². The molecule has 2 fully saturated rings. The van der Waals surface area contributed by atoms with Gasteiger partial charge in [-0.15, -0.1) is 5.10 Å². The van der Waals surface area contributed by atoms with Crippen LogP contribution in [0.4, 0.5) is 27.8 Å². The van der Waals surface area contributed by atoms with Crippen molar-refractivity contribution in [1.29, 1.82) is 0 Å². The molecule has 3 aromatic rings. The molecule has 1 aliphatic carbocycles. The highest BCUT2D eigenvalue weighted by molar-refractivity contribution is 5.60. The lowest BCUT2D eigenvalue weighted by Crippen LogP contribution is -2.48. The van der Waals surface area contributed by atoms with E-state index in [1.54, 1.807) is 19.3 Å². The van der Waals surface area contributed by atoms with Crippen LogP contribution in [0, 0.1) is 31.5 Å². The summed E-state index contributed by atoms with van der Waals surface area (Å²) < 4.78 is 16.1. The van der Waals surface area contributed by atoms with Crippen LogP contribution >= 0.6 is 0 Å². The molecule has 1 N–H and O–H groups in total. The number of aryl methyl sites for hydroxylation is 3. The molecule has 0 unspecified atom stereocenters. The largest absolute Gasteiger partial charge is 0.356 e. The maximum absolute atomic E-state index is 14.2. The SMILES string of the molecule is Cc1cc(N2C[C@H]3CC[C@@H](C2)[C@@H]3Nc2nc3n(n2)CCCN3c2ccc(C)c(F)c2)ncn1. The van der Waals surface area contributed by atoms with Gasteiger partial charge in [0.2, 0.25) is 11.9 Å². The van der Waals surface area contributed by atoms with Gasteiger partial charge in [-0.1, -0.05) is 6.07 Å². The number of benzene rings is 1. The minimum Gasteiger partial charge on any atom is -0.356 e. The quantitative estimate of drug-likeness (QED) is 0.652. The van der Waals surface area contributed by atoms with Gasteiger partial charge in [0.25, 0.3) is 0 Å². The molecule has 4 heterocycles. The predicted molar refractivity (Wildman–Crippen MR) is 125 cm³/mol. The zero-order chi connectivity index (χ0) is 22.5. The zero-order valence-corrected chi connectivity index (χ0v) is 19.1. The lowest BCUT2D eigenvalue weighted by molar-refractivity contribution is 0.374. The van der Waals surface area contributed by atoms with E-state index in [0.717, 1.165) is 55.7 Å². The summed E-state index contributed by atoms with van der Waals surface area (Å²) in [6, 6.07) is 7.81. The second-order valence-corrected chi connectivity index (χ2v) is 9.59. The molecule has 1 saturated heterocycles. The van der Waals surface area contributed by atoms with Gasteiger partial charge in [0.05, 0.1) is 0 Å². The maximum Gasteiger partial charge on any atom is 0.244 e. The van der Waals surface area contributed by atoms with Gasteiger partial charge in [-0.2, -0.15) is 4.98 Å². The number of aromatic nitrogens is 5. The minimum absolute atomic E-state index is 0.190. The van der Waals surface area contributed by atoms with Crippen molar-refractivity contribution in [3.05, 3.63) is 47.7 Å². The molecule has 1 aromatic carbocycles. The topological polar surface area (TPSA) is 75.0 Å². The fraction of sp³-hybridized carbons (Fsp3) is 0.500. The molecule has 0 amide bonds. The summed E-state index contributed by atoms with van der Waals surface area (Å²) in [5.41, 5.74) is 2.48. The van der Waals surface area contributed by atoms with Crippen molar-refractivity contribution in [2.75, 3.05) is 34.8 Å². The molecule has 2 bridgehead atoms. The monoisotopic (exact) mass is 448 g/mol. The lowest BCUT2D eigenvalue weighted by Gasteiger charge is -2.38. The molecule has 6 rings (SSSR count). The first-order chi connectivity index (χ1) is 16.0. The number of nitrogens with one attached hydrogen (secondary N) is 1. The molecule has 0 spiro atoms. The molecule has 33 heavy (non-hydrogen) atoms. The zero-order valence-electron chi connectivity index (χ0n) is 19.1. The van der Waals surface area contributed by atoms with E-state index in [4.69, 9.17) is 10.1 Å². The summed E-state index contributed by atoms with van der Waals surface area (Å²) in [5.74, 6) is 3.36. The van der Waals surface area contributed by atoms with Gasteiger partial charge in [0.15, 0.2) is 0 Å². The molecule has 3 aliphatic rings. The second-order valence-electron chi connectivity index (χ2n) is 9.59. The summed E-state index contributed by atoms with van der Waals surface area (Å²) >= 11 is 0. The fourth-order valence-electron chi connectivity index (χ4n) is 5.63. The summed E-state index contributed by atoms with van der Waals surface area (Å²) in [5, 5.41) is 8.44. The molecular weight excluding hydrogens is 419 g/mol. The minimum atomic E-state index is -0.190. The van der Waals surface area contributed by atoms with Crippen LogP contribution < -0.4 is 15.1 Å². The van der Waals surface area contributed by atoms with Crippen molar-refractivity contribution in [2.45, 2.75) is 45.7 Å². The number of rotatable bonds is 4. The number of halogens is 1. The molecule has 2 aliphatic heterocycles. The molecule has 2 aromatic heterocycles. The van der Waals surface area contributed by atoms with Crippen molar-refractivity contribution >= 4 is 23.4 Å². The first kappa shape index (κ1) is 20.4. The molecule has 0 radical (unpaired) electrons. The van der Waals surface area contributed by atoms with E-state index < -0.39 is 0 Å². The van der Waals surface area contributed by atoms with Crippen molar-refractivity contribution < 1.29 is 4.39 Å². The highest BCUT2D eigenvalue weighted by Gasteiger charge is 2.43. The van der Waals surface area contributed by atoms with Crippen LogP contribution in [0.2, 0.25) is 0 Å². The lowest BCUT2D eigenvalue weighted by atomic mass is 9.92. The van der Waals surface area contributed by atoms with Gasteiger partial charge in [0, 0.05) is 49.7 Å².